The lowest BCUT2D eigenvalue weighted by Crippen LogP contribution is -2.27. The van der Waals surface area contributed by atoms with Gasteiger partial charge in [0.25, 0.3) is 11.1 Å². The van der Waals surface area contributed by atoms with Crippen LogP contribution in [0.15, 0.2) is 88.2 Å². The highest BCUT2D eigenvalue weighted by Gasteiger charge is 2.36. The van der Waals surface area contributed by atoms with Crippen molar-refractivity contribution in [2.45, 2.75) is 6.61 Å². The molecule has 0 spiro atoms. The Bertz CT molecular complexity index is 1060. The van der Waals surface area contributed by atoms with Crippen molar-refractivity contribution in [3.05, 3.63) is 99.4 Å². The highest BCUT2D eigenvalue weighted by atomic mass is 79.9. The van der Waals surface area contributed by atoms with Gasteiger partial charge in [0, 0.05) is 4.47 Å². The third-order valence-electron chi connectivity index (χ3n) is 4.30. The Kier molecular flexibility index (Phi) is 5.83. The van der Waals surface area contributed by atoms with E-state index in [1.807, 2.05) is 54.6 Å². The molecule has 4 rings (SSSR count). The molecule has 29 heavy (non-hydrogen) atoms. The van der Waals surface area contributed by atoms with Crippen molar-refractivity contribution >= 4 is 50.6 Å². The SMILES string of the molecule is O=C1S/C(=C\c2ccc(OCc3ccc(Br)cc3)cc2)C(=O)N1c1ccccc1. The first kappa shape index (κ1) is 19.5. The maximum absolute atomic E-state index is 12.7. The number of rotatable bonds is 5. The van der Waals surface area contributed by atoms with Crippen molar-refractivity contribution in [3.63, 3.8) is 0 Å². The number of anilines is 1. The van der Waals surface area contributed by atoms with Crippen molar-refractivity contribution in [1.82, 2.24) is 0 Å². The van der Waals surface area contributed by atoms with Crippen molar-refractivity contribution in [1.29, 1.82) is 0 Å². The zero-order valence-corrected chi connectivity index (χ0v) is 17.7. The van der Waals surface area contributed by atoms with Crippen LogP contribution in [0.5, 0.6) is 5.75 Å². The van der Waals surface area contributed by atoms with E-state index >= 15 is 0 Å². The summed E-state index contributed by atoms with van der Waals surface area (Å²) in [4.78, 5) is 26.5. The summed E-state index contributed by atoms with van der Waals surface area (Å²) in [6.45, 7) is 0.475. The van der Waals surface area contributed by atoms with Crippen LogP contribution in [0.3, 0.4) is 0 Å². The number of carbonyl (C=O) groups excluding carboxylic acids is 2. The van der Waals surface area contributed by atoms with Crippen LogP contribution in [0.1, 0.15) is 11.1 Å². The number of halogens is 1. The van der Waals surface area contributed by atoms with Gasteiger partial charge in [0.15, 0.2) is 0 Å². The zero-order chi connectivity index (χ0) is 20.2. The molecule has 2 amide bonds. The molecule has 0 bridgehead atoms. The molecule has 0 atom stereocenters. The van der Waals surface area contributed by atoms with Gasteiger partial charge in [-0.2, -0.15) is 0 Å². The average molecular weight is 466 g/mol. The van der Waals surface area contributed by atoms with Crippen LogP contribution < -0.4 is 9.64 Å². The number of amides is 2. The summed E-state index contributed by atoms with van der Waals surface area (Å²) in [5.41, 5.74) is 2.49. The molecule has 0 N–H and O–H groups in total. The van der Waals surface area contributed by atoms with E-state index in [9.17, 15) is 9.59 Å². The van der Waals surface area contributed by atoms with E-state index in [1.165, 1.54) is 4.90 Å². The topological polar surface area (TPSA) is 46.6 Å². The highest BCUT2D eigenvalue weighted by Crippen LogP contribution is 2.35. The Morgan fingerprint density at radius 1 is 0.897 bits per heavy atom. The number of nitrogens with zero attached hydrogens (tertiary/aromatic N) is 1. The molecule has 3 aromatic carbocycles. The van der Waals surface area contributed by atoms with Gasteiger partial charge >= 0.3 is 0 Å². The van der Waals surface area contributed by atoms with Crippen molar-refractivity contribution in [2.75, 3.05) is 4.90 Å². The quantitative estimate of drug-likeness (QED) is 0.416. The summed E-state index contributed by atoms with van der Waals surface area (Å²) < 4.78 is 6.83. The smallest absolute Gasteiger partial charge is 0.298 e. The Morgan fingerprint density at radius 2 is 1.59 bits per heavy atom. The van der Waals surface area contributed by atoms with Gasteiger partial charge in [0.1, 0.15) is 12.4 Å². The standard InChI is InChI=1S/C23H16BrNO3S/c24-18-10-6-17(7-11-18)15-28-20-12-8-16(9-13-20)14-21-22(26)25(23(27)29-21)19-4-2-1-3-5-19/h1-14H,15H2/b21-14-. The zero-order valence-electron chi connectivity index (χ0n) is 15.2. The van der Waals surface area contributed by atoms with E-state index in [4.69, 9.17) is 4.74 Å². The minimum Gasteiger partial charge on any atom is -0.489 e. The number of hydrogen-bond donors (Lipinski definition) is 0. The molecular weight excluding hydrogens is 450 g/mol. The third-order valence-corrected chi connectivity index (χ3v) is 5.70. The van der Waals surface area contributed by atoms with Crippen molar-refractivity contribution in [2.24, 2.45) is 0 Å². The lowest BCUT2D eigenvalue weighted by molar-refractivity contribution is -0.113. The monoisotopic (exact) mass is 465 g/mol. The van der Waals surface area contributed by atoms with Gasteiger partial charge in [-0.1, -0.05) is 58.4 Å². The fourth-order valence-corrected chi connectivity index (χ4v) is 3.93. The molecule has 3 aromatic rings. The van der Waals surface area contributed by atoms with Gasteiger partial charge in [-0.15, -0.1) is 0 Å². The van der Waals surface area contributed by atoms with Crippen LogP contribution in [-0.4, -0.2) is 11.1 Å². The summed E-state index contributed by atoms with van der Waals surface area (Å²) in [7, 11) is 0. The second kappa shape index (κ2) is 8.68. The van der Waals surface area contributed by atoms with E-state index in [1.54, 1.807) is 30.3 Å². The van der Waals surface area contributed by atoms with Crippen LogP contribution in [0, 0.1) is 0 Å². The van der Waals surface area contributed by atoms with Crippen LogP contribution in [0.25, 0.3) is 6.08 Å². The van der Waals surface area contributed by atoms with Gasteiger partial charge in [-0.25, -0.2) is 4.90 Å². The molecule has 0 aromatic heterocycles. The van der Waals surface area contributed by atoms with Gasteiger partial charge in [-0.3, -0.25) is 9.59 Å². The number of imide groups is 1. The average Bonchev–Trinajstić information content (AvgIpc) is 3.02. The minimum atomic E-state index is -0.304. The first-order valence-electron chi connectivity index (χ1n) is 8.90. The van der Waals surface area contributed by atoms with E-state index in [0.29, 0.717) is 17.2 Å². The molecule has 6 heteroatoms. The molecule has 144 valence electrons. The van der Waals surface area contributed by atoms with Crippen LogP contribution >= 0.6 is 27.7 Å². The van der Waals surface area contributed by atoms with Gasteiger partial charge < -0.3 is 4.74 Å². The van der Waals surface area contributed by atoms with Crippen LogP contribution in [0.2, 0.25) is 0 Å². The van der Waals surface area contributed by atoms with Gasteiger partial charge in [-0.05, 0) is 65.4 Å². The normalized spacial score (nSPS) is 15.2. The summed E-state index contributed by atoms with van der Waals surface area (Å²) >= 11 is 4.36. The molecule has 0 radical (unpaired) electrons. The first-order chi connectivity index (χ1) is 14.1. The summed E-state index contributed by atoms with van der Waals surface area (Å²) in [6, 6.07) is 24.3. The molecular formula is C23H16BrNO3S. The number of ether oxygens (including phenoxy) is 1. The summed E-state index contributed by atoms with van der Waals surface area (Å²) in [6.07, 6.45) is 1.73. The van der Waals surface area contributed by atoms with E-state index in [-0.39, 0.29) is 11.1 Å². The highest BCUT2D eigenvalue weighted by molar-refractivity contribution is 9.10. The Morgan fingerprint density at radius 3 is 2.28 bits per heavy atom. The molecule has 4 nitrogen and oxygen atoms in total. The summed E-state index contributed by atoms with van der Waals surface area (Å²) in [5.74, 6) is 0.434. The number of carbonyl (C=O) groups is 2. The molecule has 1 fully saturated rings. The predicted molar refractivity (Wildman–Crippen MR) is 120 cm³/mol. The van der Waals surface area contributed by atoms with Crippen LogP contribution in [-0.2, 0) is 11.4 Å². The molecule has 1 heterocycles. The predicted octanol–water partition coefficient (Wildman–Crippen LogP) is 6.27. The fourth-order valence-electron chi connectivity index (χ4n) is 2.83. The molecule has 1 aliphatic rings. The Hall–Kier alpha value is -2.83. The lowest BCUT2D eigenvalue weighted by atomic mass is 10.2. The largest absolute Gasteiger partial charge is 0.489 e. The maximum Gasteiger partial charge on any atom is 0.298 e. The Labute approximate surface area is 181 Å². The fraction of sp³-hybridized carbons (Fsp3) is 0.0435. The molecule has 0 saturated carbocycles. The van der Waals surface area contributed by atoms with Crippen LogP contribution in [0.4, 0.5) is 10.5 Å². The second-order valence-electron chi connectivity index (χ2n) is 6.34. The second-order valence-corrected chi connectivity index (χ2v) is 8.25. The molecule has 1 aliphatic heterocycles. The molecule has 0 unspecified atom stereocenters. The van der Waals surface area contributed by atoms with E-state index < -0.39 is 0 Å². The minimum absolute atomic E-state index is 0.290. The third kappa shape index (κ3) is 4.60. The van der Waals surface area contributed by atoms with Gasteiger partial charge in [0.05, 0.1) is 10.6 Å². The number of hydrogen-bond acceptors (Lipinski definition) is 4. The first-order valence-corrected chi connectivity index (χ1v) is 10.5. The maximum atomic E-state index is 12.7. The number of para-hydroxylation sites is 1. The number of benzene rings is 3. The molecule has 1 saturated heterocycles. The summed E-state index contributed by atoms with van der Waals surface area (Å²) in [5, 5.41) is -0.290. The van der Waals surface area contributed by atoms with E-state index in [0.717, 1.165) is 33.1 Å². The number of thioether (sulfide) groups is 1. The molecule has 0 aliphatic carbocycles. The lowest BCUT2D eigenvalue weighted by Gasteiger charge is -2.11. The van der Waals surface area contributed by atoms with Gasteiger partial charge in [0.2, 0.25) is 0 Å². The van der Waals surface area contributed by atoms with Crippen molar-refractivity contribution < 1.29 is 14.3 Å². The van der Waals surface area contributed by atoms with E-state index in [2.05, 4.69) is 15.9 Å². The Balaban J connectivity index is 1.44. The van der Waals surface area contributed by atoms with Crippen molar-refractivity contribution in [3.8, 4) is 5.75 Å².